The number of nitro groups is 1. The van der Waals surface area contributed by atoms with Gasteiger partial charge in [0.25, 0.3) is 5.69 Å². The zero-order valence-electron chi connectivity index (χ0n) is 12.3. The predicted molar refractivity (Wildman–Crippen MR) is 83.5 cm³/mol. The van der Waals surface area contributed by atoms with E-state index in [1.807, 2.05) is 13.0 Å². The Hall–Kier alpha value is -2.17. The third-order valence-corrected chi connectivity index (χ3v) is 4.17. The maximum atomic E-state index is 11.0. The Morgan fingerprint density at radius 1 is 1.43 bits per heavy atom. The Bertz CT molecular complexity index is 695. The van der Waals surface area contributed by atoms with Gasteiger partial charge in [0.05, 0.1) is 10.4 Å². The van der Waals surface area contributed by atoms with Gasteiger partial charge in [-0.15, -0.1) is 0 Å². The minimum Gasteiger partial charge on any atom is -0.384 e. The van der Waals surface area contributed by atoms with E-state index in [1.165, 1.54) is 18.9 Å². The molecule has 2 aromatic rings. The van der Waals surface area contributed by atoms with Crippen LogP contribution in [-0.2, 0) is 0 Å². The molecule has 0 radical (unpaired) electrons. The summed E-state index contributed by atoms with van der Waals surface area (Å²) in [6.45, 7) is 5.09. The third-order valence-electron chi connectivity index (χ3n) is 4.17. The molecule has 0 amide bonds. The number of aromatic nitrogens is 1. The first kappa shape index (κ1) is 13.8. The molecule has 0 bridgehead atoms. The molecule has 1 fully saturated rings. The molecule has 1 aromatic heterocycles. The molecule has 3 rings (SSSR count). The highest BCUT2D eigenvalue weighted by Gasteiger charge is 2.27. The van der Waals surface area contributed by atoms with Crippen LogP contribution in [0.15, 0.2) is 24.3 Å². The van der Waals surface area contributed by atoms with E-state index in [0.29, 0.717) is 5.92 Å². The highest BCUT2D eigenvalue weighted by Crippen LogP contribution is 2.37. The van der Waals surface area contributed by atoms with Gasteiger partial charge in [-0.25, -0.2) is 0 Å². The van der Waals surface area contributed by atoms with Crippen LogP contribution in [0.5, 0.6) is 0 Å². The van der Waals surface area contributed by atoms with Gasteiger partial charge in [-0.05, 0) is 43.7 Å². The van der Waals surface area contributed by atoms with Crippen LogP contribution in [0.4, 0.5) is 11.4 Å². The van der Waals surface area contributed by atoms with Crippen LogP contribution in [-0.4, -0.2) is 16.5 Å². The van der Waals surface area contributed by atoms with Crippen molar-refractivity contribution in [1.29, 1.82) is 0 Å². The Kier molecular flexibility index (Phi) is 3.49. The first-order chi connectivity index (χ1) is 10.0. The molecule has 1 aliphatic rings. The molecule has 0 saturated heterocycles. The summed E-state index contributed by atoms with van der Waals surface area (Å²) in [4.78, 5) is 15.0. The molecule has 5 nitrogen and oxygen atoms in total. The summed E-state index contributed by atoms with van der Waals surface area (Å²) in [6.07, 6.45) is 2.65. The van der Waals surface area contributed by atoms with Crippen molar-refractivity contribution in [2.24, 2.45) is 11.8 Å². The van der Waals surface area contributed by atoms with Crippen LogP contribution >= 0.6 is 0 Å². The van der Waals surface area contributed by atoms with Crippen LogP contribution in [0.25, 0.3) is 10.9 Å². The average Bonchev–Trinajstić information content (AvgIpc) is 3.28. The lowest BCUT2D eigenvalue weighted by molar-refractivity contribution is -0.384. The van der Waals surface area contributed by atoms with Crippen molar-refractivity contribution >= 4 is 22.3 Å². The Labute approximate surface area is 123 Å². The highest BCUT2D eigenvalue weighted by molar-refractivity contribution is 5.93. The molecule has 110 valence electrons. The monoisotopic (exact) mass is 285 g/mol. The van der Waals surface area contributed by atoms with E-state index < -0.39 is 0 Å². The van der Waals surface area contributed by atoms with Crippen molar-refractivity contribution in [3.63, 3.8) is 0 Å². The van der Waals surface area contributed by atoms with Gasteiger partial charge in [0, 0.05) is 35.4 Å². The van der Waals surface area contributed by atoms with Gasteiger partial charge < -0.3 is 5.32 Å². The maximum absolute atomic E-state index is 11.0. The van der Waals surface area contributed by atoms with Crippen molar-refractivity contribution in [2.45, 2.75) is 26.7 Å². The summed E-state index contributed by atoms with van der Waals surface area (Å²) >= 11 is 0. The number of nitro benzene ring substituents is 1. The summed E-state index contributed by atoms with van der Waals surface area (Å²) in [5, 5.41) is 15.2. The van der Waals surface area contributed by atoms with Crippen molar-refractivity contribution in [1.82, 2.24) is 4.98 Å². The van der Waals surface area contributed by atoms with E-state index in [1.54, 1.807) is 12.1 Å². The first-order valence-corrected chi connectivity index (χ1v) is 7.34. The fourth-order valence-corrected chi connectivity index (χ4v) is 2.71. The van der Waals surface area contributed by atoms with Crippen molar-refractivity contribution in [3.05, 3.63) is 40.1 Å². The van der Waals surface area contributed by atoms with E-state index in [9.17, 15) is 10.1 Å². The number of hydrogen-bond donors (Lipinski definition) is 1. The lowest BCUT2D eigenvalue weighted by Crippen LogP contribution is -2.13. The van der Waals surface area contributed by atoms with Gasteiger partial charge in [0.2, 0.25) is 0 Å². The van der Waals surface area contributed by atoms with Gasteiger partial charge in [-0.2, -0.15) is 0 Å². The van der Waals surface area contributed by atoms with Crippen LogP contribution in [0, 0.1) is 28.9 Å². The van der Waals surface area contributed by atoms with Crippen LogP contribution in [0.3, 0.4) is 0 Å². The van der Waals surface area contributed by atoms with E-state index >= 15 is 0 Å². The minimum absolute atomic E-state index is 0.103. The number of nitrogens with zero attached hydrogens (tertiary/aromatic N) is 2. The molecule has 0 aliphatic heterocycles. The van der Waals surface area contributed by atoms with E-state index in [-0.39, 0.29) is 10.6 Å². The van der Waals surface area contributed by atoms with E-state index in [2.05, 4.69) is 17.2 Å². The van der Waals surface area contributed by atoms with Gasteiger partial charge in [-0.1, -0.05) is 6.92 Å². The smallest absolute Gasteiger partial charge is 0.270 e. The summed E-state index contributed by atoms with van der Waals surface area (Å²) in [7, 11) is 0. The lowest BCUT2D eigenvalue weighted by atomic mass is 10.1. The summed E-state index contributed by atoms with van der Waals surface area (Å²) in [5.74, 6) is 1.47. The number of aryl methyl sites for hydroxylation is 1. The van der Waals surface area contributed by atoms with Gasteiger partial charge >= 0.3 is 0 Å². The molecular weight excluding hydrogens is 266 g/mol. The summed E-state index contributed by atoms with van der Waals surface area (Å²) in [6, 6.07) is 6.79. The number of anilines is 1. The van der Waals surface area contributed by atoms with Crippen LogP contribution in [0.1, 0.15) is 25.5 Å². The predicted octanol–water partition coefficient (Wildman–Crippen LogP) is 3.91. The van der Waals surface area contributed by atoms with Crippen LogP contribution < -0.4 is 5.32 Å². The molecule has 0 spiro atoms. The molecule has 1 aliphatic carbocycles. The molecule has 5 heteroatoms. The van der Waals surface area contributed by atoms with Crippen molar-refractivity contribution in [3.8, 4) is 0 Å². The second kappa shape index (κ2) is 5.31. The molecule has 1 heterocycles. The summed E-state index contributed by atoms with van der Waals surface area (Å²) < 4.78 is 0. The zero-order valence-corrected chi connectivity index (χ0v) is 12.3. The lowest BCUT2D eigenvalue weighted by Gasteiger charge is -2.15. The van der Waals surface area contributed by atoms with Crippen molar-refractivity contribution in [2.75, 3.05) is 11.9 Å². The first-order valence-electron chi connectivity index (χ1n) is 7.34. The molecule has 1 atom stereocenters. The van der Waals surface area contributed by atoms with E-state index in [0.717, 1.165) is 34.7 Å². The van der Waals surface area contributed by atoms with E-state index in [4.69, 9.17) is 0 Å². The minimum atomic E-state index is -0.365. The normalized spacial score (nSPS) is 15.9. The van der Waals surface area contributed by atoms with Crippen LogP contribution in [0.2, 0.25) is 0 Å². The highest BCUT2D eigenvalue weighted by atomic mass is 16.6. The number of nitrogens with one attached hydrogen (secondary N) is 1. The van der Waals surface area contributed by atoms with Gasteiger partial charge in [0.15, 0.2) is 0 Å². The summed E-state index contributed by atoms with van der Waals surface area (Å²) in [5.41, 5.74) is 2.75. The second-order valence-electron chi connectivity index (χ2n) is 5.97. The number of rotatable bonds is 5. The Morgan fingerprint density at radius 3 is 2.86 bits per heavy atom. The number of pyridine rings is 1. The fourth-order valence-electron chi connectivity index (χ4n) is 2.71. The molecule has 1 unspecified atom stereocenters. The quantitative estimate of drug-likeness (QED) is 0.668. The number of fused-ring (bicyclic) bond motifs is 1. The van der Waals surface area contributed by atoms with Gasteiger partial charge in [-0.3, -0.25) is 15.1 Å². The Morgan fingerprint density at radius 2 is 2.19 bits per heavy atom. The number of benzene rings is 1. The number of hydrogen-bond acceptors (Lipinski definition) is 4. The molecular formula is C16H19N3O2. The zero-order chi connectivity index (χ0) is 15.0. The molecule has 1 N–H and O–H groups in total. The average molecular weight is 285 g/mol. The number of non-ortho nitro benzene ring substituents is 1. The molecule has 21 heavy (non-hydrogen) atoms. The molecule has 1 saturated carbocycles. The second-order valence-corrected chi connectivity index (χ2v) is 5.97. The van der Waals surface area contributed by atoms with Gasteiger partial charge in [0.1, 0.15) is 0 Å². The SMILES string of the molecule is Cc1cc(NCC(C)C2CC2)c2cc([N+](=O)[O-])ccc2n1. The fraction of sp³-hybridized carbons (Fsp3) is 0.438. The largest absolute Gasteiger partial charge is 0.384 e. The maximum Gasteiger partial charge on any atom is 0.270 e. The topological polar surface area (TPSA) is 68.1 Å². The molecule has 1 aromatic carbocycles. The third kappa shape index (κ3) is 2.96. The Balaban J connectivity index is 1.94. The van der Waals surface area contributed by atoms with Crippen molar-refractivity contribution < 1.29 is 4.92 Å². The standard InChI is InChI=1S/C16H19N3O2/c1-10(12-3-4-12)9-17-16-7-11(2)18-15-6-5-13(19(20)21)8-14(15)16/h5-8,10,12H,3-4,9H2,1-2H3,(H,17,18).